The quantitative estimate of drug-likeness (QED) is 0.255. The molecule has 5 rings (SSSR count). The average molecular weight is 493 g/mol. The highest BCUT2D eigenvalue weighted by atomic mass is 79.9. The Morgan fingerprint density at radius 1 is 0.812 bits per heavy atom. The number of H-pyrrole nitrogens is 2. The lowest BCUT2D eigenvalue weighted by molar-refractivity contribution is -0.389. The van der Waals surface area contributed by atoms with Crippen LogP contribution in [0.4, 0.5) is 11.6 Å². The molecular formula is C21H13BrN6O4. The molecule has 0 saturated heterocycles. The van der Waals surface area contributed by atoms with Crippen molar-refractivity contribution < 1.29 is 9.85 Å². The molecule has 0 radical (unpaired) electrons. The summed E-state index contributed by atoms with van der Waals surface area (Å²) in [5.74, 6) is -0.882. The lowest BCUT2D eigenvalue weighted by atomic mass is 9.85. The van der Waals surface area contributed by atoms with Crippen LogP contribution in [0.3, 0.4) is 0 Å². The second kappa shape index (κ2) is 7.54. The van der Waals surface area contributed by atoms with Gasteiger partial charge in [0.1, 0.15) is 0 Å². The van der Waals surface area contributed by atoms with E-state index in [-0.39, 0.29) is 17.6 Å². The van der Waals surface area contributed by atoms with Crippen molar-refractivity contribution in [2.24, 2.45) is 0 Å². The molecule has 5 aromatic rings. The summed E-state index contributed by atoms with van der Waals surface area (Å²) in [6, 6.07) is 10.6. The predicted octanol–water partition coefficient (Wildman–Crippen LogP) is 5.20. The van der Waals surface area contributed by atoms with E-state index in [9.17, 15) is 20.2 Å². The van der Waals surface area contributed by atoms with E-state index in [1.54, 1.807) is 12.4 Å². The maximum absolute atomic E-state index is 11.3. The Balaban J connectivity index is 1.79. The number of nitrogens with zero attached hydrogens (tertiary/aromatic N) is 4. The zero-order valence-electron chi connectivity index (χ0n) is 16.2. The highest BCUT2D eigenvalue weighted by Gasteiger charge is 2.26. The topological polar surface area (TPSA) is 144 Å². The molecule has 0 atom stereocenters. The molecule has 0 aliphatic carbocycles. The molecule has 0 amide bonds. The van der Waals surface area contributed by atoms with Crippen molar-refractivity contribution in [3.05, 3.63) is 103 Å². The number of benzene rings is 1. The van der Waals surface area contributed by atoms with Crippen molar-refractivity contribution >= 4 is 49.4 Å². The fourth-order valence-corrected chi connectivity index (χ4v) is 4.19. The number of aromatic nitrogens is 4. The number of fused-ring (bicyclic) bond motifs is 2. The Morgan fingerprint density at radius 2 is 1.28 bits per heavy atom. The van der Waals surface area contributed by atoms with Crippen molar-refractivity contribution in [2.75, 3.05) is 0 Å². The molecule has 4 aromatic heterocycles. The van der Waals surface area contributed by atoms with Gasteiger partial charge in [0.05, 0.1) is 11.0 Å². The molecule has 0 bridgehead atoms. The van der Waals surface area contributed by atoms with E-state index in [1.807, 2.05) is 24.3 Å². The van der Waals surface area contributed by atoms with Gasteiger partial charge in [-0.15, -0.1) is 0 Å². The molecule has 0 unspecified atom stereocenters. The summed E-state index contributed by atoms with van der Waals surface area (Å²) in [6.07, 6.45) is 6.44. The summed E-state index contributed by atoms with van der Waals surface area (Å²) in [5, 5.41) is 23.9. The Bertz CT molecular complexity index is 1420. The van der Waals surface area contributed by atoms with Crippen LogP contribution >= 0.6 is 15.9 Å². The first-order valence-corrected chi connectivity index (χ1v) is 10.2. The number of hydrogen-bond acceptors (Lipinski definition) is 6. The monoisotopic (exact) mass is 492 g/mol. The number of pyridine rings is 2. The number of halogens is 1. The zero-order chi connectivity index (χ0) is 22.4. The normalized spacial score (nSPS) is 11.4. The van der Waals surface area contributed by atoms with Crippen LogP contribution < -0.4 is 0 Å². The Labute approximate surface area is 187 Å². The van der Waals surface area contributed by atoms with E-state index in [1.165, 1.54) is 24.5 Å². The summed E-state index contributed by atoms with van der Waals surface area (Å²) in [5.41, 5.74) is 3.79. The van der Waals surface area contributed by atoms with E-state index in [2.05, 4.69) is 35.9 Å². The standard InChI is InChI=1S/C21H13BrN6O4/c22-12-3-1-11(2-4-12)21(15-7-23-17-9-25-19(27(29)30)5-13(15)17)16-8-24-18-10-26-20(28(31)32)6-14(16)18/h1-10,21,23-24H. The molecule has 11 heteroatoms. The van der Waals surface area contributed by atoms with Crippen LogP contribution in [0.2, 0.25) is 0 Å². The summed E-state index contributed by atoms with van der Waals surface area (Å²) < 4.78 is 0.900. The van der Waals surface area contributed by atoms with Gasteiger partial charge in [-0.1, -0.05) is 28.1 Å². The lowest BCUT2D eigenvalue weighted by Crippen LogP contribution is -2.03. The molecule has 32 heavy (non-hydrogen) atoms. The van der Waals surface area contributed by atoms with Crippen LogP contribution in [0.15, 0.2) is 65.7 Å². The maximum atomic E-state index is 11.3. The van der Waals surface area contributed by atoms with E-state index >= 15 is 0 Å². The minimum absolute atomic E-state index is 0.258. The highest BCUT2D eigenvalue weighted by Crippen LogP contribution is 2.40. The van der Waals surface area contributed by atoms with Gasteiger partial charge in [-0.05, 0) is 48.6 Å². The summed E-state index contributed by atoms with van der Waals surface area (Å²) in [6.45, 7) is 0. The first-order chi connectivity index (χ1) is 15.4. The molecule has 10 nitrogen and oxygen atoms in total. The van der Waals surface area contributed by atoms with E-state index < -0.39 is 9.85 Å². The summed E-state index contributed by atoms with van der Waals surface area (Å²) in [7, 11) is 0. The van der Waals surface area contributed by atoms with Crippen LogP contribution in [-0.4, -0.2) is 29.8 Å². The molecule has 0 aliphatic heterocycles. The zero-order valence-corrected chi connectivity index (χ0v) is 17.7. The SMILES string of the molecule is O=[N+]([O-])c1cc2c(C(c3ccc(Br)cc3)c3c[nH]c4cnc([N+](=O)[O-])cc34)c[nH]c2cn1. The Hall–Kier alpha value is -4.12. The van der Waals surface area contributed by atoms with Gasteiger partial charge in [-0.2, -0.15) is 0 Å². The summed E-state index contributed by atoms with van der Waals surface area (Å²) in [4.78, 5) is 35.6. The third-order valence-corrected chi connectivity index (χ3v) is 5.90. The molecule has 0 spiro atoms. The molecule has 1 aromatic carbocycles. The van der Waals surface area contributed by atoms with E-state index in [0.717, 1.165) is 21.2 Å². The van der Waals surface area contributed by atoms with Crippen LogP contribution in [0.1, 0.15) is 22.6 Å². The van der Waals surface area contributed by atoms with Crippen LogP contribution in [0, 0.1) is 20.2 Å². The number of nitrogens with one attached hydrogen (secondary N) is 2. The van der Waals surface area contributed by atoms with Crippen molar-refractivity contribution in [1.29, 1.82) is 0 Å². The molecule has 158 valence electrons. The van der Waals surface area contributed by atoms with E-state index in [0.29, 0.717) is 21.8 Å². The number of nitro groups is 2. The average Bonchev–Trinajstić information content (AvgIpc) is 3.39. The summed E-state index contributed by atoms with van der Waals surface area (Å²) >= 11 is 3.44. The molecule has 0 saturated carbocycles. The van der Waals surface area contributed by atoms with E-state index in [4.69, 9.17) is 0 Å². The molecule has 0 fully saturated rings. The lowest BCUT2D eigenvalue weighted by Gasteiger charge is -2.17. The molecular weight excluding hydrogens is 480 g/mol. The van der Waals surface area contributed by atoms with Crippen LogP contribution in [0.25, 0.3) is 21.8 Å². The van der Waals surface area contributed by atoms with Crippen molar-refractivity contribution in [3.8, 4) is 0 Å². The minimum atomic E-state index is -0.536. The first kappa shape index (κ1) is 19.8. The minimum Gasteiger partial charge on any atom is -0.358 e. The van der Waals surface area contributed by atoms with Crippen LogP contribution in [-0.2, 0) is 0 Å². The molecule has 4 heterocycles. The number of rotatable bonds is 5. The van der Waals surface area contributed by atoms with Gasteiger partial charge < -0.3 is 30.2 Å². The fourth-order valence-electron chi connectivity index (χ4n) is 3.92. The van der Waals surface area contributed by atoms with Gasteiger partial charge in [-0.25, -0.2) is 0 Å². The fraction of sp³-hybridized carbons (Fsp3) is 0.0476. The third-order valence-electron chi connectivity index (χ3n) is 5.37. The highest BCUT2D eigenvalue weighted by molar-refractivity contribution is 9.10. The molecule has 0 aliphatic rings. The van der Waals surface area contributed by atoms with Gasteiger partial charge in [0.2, 0.25) is 0 Å². The largest absolute Gasteiger partial charge is 0.364 e. The van der Waals surface area contributed by atoms with Crippen molar-refractivity contribution in [3.63, 3.8) is 0 Å². The molecule has 2 N–H and O–H groups in total. The maximum Gasteiger partial charge on any atom is 0.364 e. The van der Waals surface area contributed by atoms with Gasteiger partial charge in [-0.3, -0.25) is 0 Å². The first-order valence-electron chi connectivity index (χ1n) is 9.40. The van der Waals surface area contributed by atoms with Crippen molar-refractivity contribution in [2.45, 2.75) is 5.92 Å². The number of aromatic amines is 2. The second-order valence-electron chi connectivity index (χ2n) is 7.16. The second-order valence-corrected chi connectivity index (χ2v) is 8.08. The Morgan fingerprint density at radius 3 is 1.72 bits per heavy atom. The smallest absolute Gasteiger partial charge is 0.358 e. The predicted molar refractivity (Wildman–Crippen MR) is 121 cm³/mol. The van der Waals surface area contributed by atoms with Gasteiger partial charge >= 0.3 is 11.6 Å². The van der Waals surface area contributed by atoms with Gasteiger partial charge in [0, 0.05) is 45.7 Å². The van der Waals surface area contributed by atoms with Gasteiger partial charge in [0.25, 0.3) is 0 Å². The third kappa shape index (κ3) is 3.28. The van der Waals surface area contributed by atoms with Crippen molar-refractivity contribution in [1.82, 2.24) is 19.9 Å². The van der Waals surface area contributed by atoms with Crippen LogP contribution in [0.5, 0.6) is 0 Å². The number of hydrogen-bond donors (Lipinski definition) is 2. The Kier molecular flexibility index (Phi) is 4.67. The van der Waals surface area contributed by atoms with Gasteiger partial charge in [0.15, 0.2) is 12.4 Å².